The average molecular weight is 366 g/mol. The molecule has 66 valence electrons. The van der Waals surface area contributed by atoms with E-state index >= 15 is 0 Å². The lowest BCUT2D eigenvalue weighted by Crippen LogP contribution is -1.82. The second-order valence-electron chi connectivity index (χ2n) is 2.56. The third kappa shape index (κ3) is 1.80. The number of hydrogen-bond donors (Lipinski definition) is 0. The molecular formula is C9H4Br3N. The zero-order valence-electron chi connectivity index (χ0n) is 6.39. The van der Waals surface area contributed by atoms with Gasteiger partial charge < -0.3 is 0 Å². The van der Waals surface area contributed by atoms with E-state index in [4.69, 9.17) is 0 Å². The number of benzene rings is 1. The van der Waals surface area contributed by atoms with E-state index in [1.165, 1.54) is 0 Å². The molecular weight excluding hydrogens is 362 g/mol. The molecule has 0 amide bonds. The highest BCUT2D eigenvalue weighted by Gasteiger charge is 2.04. The summed E-state index contributed by atoms with van der Waals surface area (Å²) in [5.74, 6) is 0. The third-order valence-corrected chi connectivity index (χ3v) is 3.40. The summed E-state index contributed by atoms with van der Waals surface area (Å²) >= 11 is 10.3. The van der Waals surface area contributed by atoms with Gasteiger partial charge >= 0.3 is 0 Å². The minimum Gasteiger partial charge on any atom is -0.241 e. The van der Waals surface area contributed by atoms with Crippen LogP contribution in [0, 0.1) is 0 Å². The van der Waals surface area contributed by atoms with Crippen molar-refractivity contribution in [1.82, 2.24) is 4.98 Å². The van der Waals surface area contributed by atoms with Gasteiger partial charge in [-0.05, 0) is 50.1 Å². The summed E-state index contributed by atoms with van der Waals surface area (Å²) in [5.41, 5.74) is 0.968. The fourth-order valence-corrected chi connectivity index (χ4v) is 3.36. The molecule has 0 bridgehead atoms. The molecule has 1 heterocycles. The average Bonchev–Trinajstić information content (AvgIpc) is 2.02. The van der Waals surface area contributed by atoms with Gasteiger partial charge in [0.1, 0.15) is 4.60 Å². The van der Waals surface area contributed by atoms with Crippen LogP contribution < -0.4 is 0 Å². The zero-order valence-corrected chi connectivity index (χ0v) is 11.1. The van der Waals surface area contributed by atoms with Crippen molar-refractivity contribution in [3.8, 4) is 0 Å². The van der Waals surface area contributed by atoms with Gasteiger partial charge in [-0.3, -0.25) is 0 Å². The Balaban J connectivity index is 2.94. The molecule has 0 atom stereocenters. The first-order chi connectivity index (χ1) is 6.18. The minimum absolute atomic E-state index is 0.838. The summed E-state index contributed by atoms with van der Waals surface area (Å²) in [6, 6.07) is 7.89. The van der Waals surface area contributed by atoms with Gasteiger partial charge in [0.2, 0.25) is 0 Å². The Hall–Kier alpha value is 0.0700. The number of aromatic nitrogens is 1. The largest absolute Gasteiger partial charge is 0.241 e. The highest BCUT2D eigenvalue weighted by atomic mass is 79.9. The smallest absolute Gasteiger partial charge is 0.107 e. The minimum atomic E-state index is 0.838. The molecule has 1 aromatic carbocycles. The maximum absolute atomic E-state index is 4.35. The van der Waals surface area contributed by atoms with Crippen LogP contribution in [-0.2, 0) is 0 Å². The summed E-state index contributed by atoms with van der Waals surface area (Å²) in [7, 11) is 0. The molecule has 0 aliphatic carbocycles. The molecule has 13 heavy (non-hydrogen) atoms. The van der Waals surface area contributed by atoms with Gasteiger partial charge in [-0.15, -0.1) is 0 Å². The van der Waals surface area contributed by atoms with Crippen molar-refractivity contribution in [3.05, 3.63) is 37.8 Å². The summed E-state index contributed by atoms with van der Waals surface area (Å²) < 4.78 is 2.93. The second-order valence-corrected chi connectivity index (χ2v) is 5.08. The topological polar surface area (TPSA) is 12.9 Å². The van der Waals surface area contributed by atoms with Gasteiger partial charge in [0, 0.05) is 14.3 Å². The quantitative estimate of drug-likeness (QED) is 0.625. The van der Waals surface area contributed by atoms with Crippen LogP contribution in [-0.4, -0.2) is 4.98 Å². The van der Waals surface area contributed by atoms with E-state index in [0.29, 0.717) is 0 Å². The van der Waals surface area contributed by atoms with Gasteiger partial charge in [0.05, 0.1) is 5.52 Å². The Labute approximate surface area is 101 Å². The number of fused-ring (bicyclic) bond motifs is 1. The van der Waals surface area contributed by atoms with Crippen LogP contribution in [0.1, 0.15) is 0 Å². The van der Waals surface area contributed by atoms with Crippen molar-refractivity contribution in [3.63, 3.8) is 0 Å². The molecule has 2 rings (SSSR count). The summed E-state index contributed by atoms with van der Waals surface area (Å²) in [6.07, 6.45) is 0. The van der Waals surface area contributed by atoms with Crippen LogP contribution in [0.3, 0.4) is 0 Å². The predicted octanol–water partition coefficient (Wildman–Crippen LogP) is 4.52. The van der Waals surface area contributed by atoms with E-state index in [0.717, 1.165) is 24.5 Å². The van der Waals surface area contributed by atoms with Crippen LogP contribution in [0.25, 0.3) is 10.9 Å². The normalized spacial score (nSPS) is 10.7. The summed E-state index contributed by atoms with van der Waals surface area (Å²) in [6.45, 7) is 0. The molecule has 2 aromatic rings. The van der Waals surface area contributed by atoms with E-state index in [1.54, 1.807) is 0 Å². The highest BCUT2D eigenvalue weighted by molar-refractivity contribution is 9.11. The summed E-state index contributed by atoms with van der Waals surface area (Å²) in [5, 5.41) is 1.10. The molecule has 0 fully saturated rings. The molecule has 0 spiro atoms. The van der Waals surface area contributed by atoms with E-state index < -0.39 is 0 Å². The molecule has 0 saturated heterocycles. The second kappa shape index (κ2) is 3.67. The van der Waals surface area contributed by atoms with Crippen LogP contribution >= 0.6 is 47.8 Å². The van der Waals surface area contributed by atoms with Gasteiger partial charge in [0.15, 0.2) is 0 Å². The molecule has 0 saturated carbocycles. The zero-order chi connectivity index (χ0) is 9.42. The Morgan fingerprint density at radius 3 is 2.54 bits per heavy atom. The molecule has 0 N–H and O–H groups in total. The lowest BCUT2D eigenvalue weighted by molar-refractivity contribution is 1.34. The lowest BCUT2D eigenvalue weighted by Gasteiger charge is -2.02. The van der Waals surface area contributed by atoms with E-state index in [9.17, 15) is 0 Å². The molecule has 0 aliphatic heterocycles. The van der Waals surface area contributed by atoms with E-state index in [2.05, 4.69) is 52.8 Å². The monoisotopic (exact) mass is 363 g/mol. The summed E-state index contributed by atoms with van der Waals surface area (Å²) in [4.78, 5) is 4.35. The van der Waals surface area contributed by atoms with Crippen LogP contribution in [0.15, 0.2) is 37.8 Å². The Bertz CT molecular complexity index is 468. The maximum atomic E-state index is 4.35. The maximum Gasteiger partial charge on any atom is 0.107 e. The molecule has 0 radical (unpaired) electrons. The first-order valence-electron chi connectivity index (χ1n) is 3.59. The van der Waals surface area contributed by atoms with E-state index in [1.807, 2.05) is 24.3 Å². The van der Waals surface area contributed by atoms with Crippen molar-refractivity contribution in [2.45, 2.75) is 0 Å². The first-order valence-corrected chi connectivity index (χ1v) is 5.96. The fraction of sp³-hybridized carbons (Fsp3) is 0. The Morgan fingerprint density at radius 2 is 1.77 bits per heavy atom. The molecule has 4 heteroatoms. The van der Waals surface area contributed by atoms with Crippen LogP contribution in [0.5, 0.6) is 0 Å². The lowest BCUT2D eigenvalue weighted by atomic mass is 10.2. The fourth-order valence-electron chi connectivity index (χ4n) is 1.17. The van der Waals surface area contributed by atoms with Crippen LogP contribution in [0.4, 0.5) is 0 Å². The Kier molecular flexibility index (Phi) is 2.72. The number of hydrogen-bond acceptors (Lipinski definition) is 1. The van der Waals surface area contributed by atoms with Crippen molar-refractivity contribution in [2.24, 2.45) is 0 Å². The van der Waals surface area contributed by atoms with Crippen molar-refractivity contribution >= 4 is 58.7 Å². The molecule has 0 unspecified atom stereocenters. The number of pyridine rings is 1. The van der Waals surface area contributed by atoms with Crippen molar-refractivity contribution in [2.75, 3.05) is 0 Å². The van der Waals surface area contributed by atoms with Gasteiger partial charge in [-0.25, -0.2) is 4.98 Å². The predicted molar refractivity (Wildman–Crippen MR) is 64.8 cm³/mol. The highest BCUT2D eigenvalue weighted by Crippen LogP contribution is 2.31. The SMILES string of the molecule is Brc1cc(Br)c2c(Br)cccc2n1. The van der Waals surface area contributed by atoms with Crippen molar-refractivity contribution in [1.29, 1.82) is 0 Å². The van der Waals surface area contributed by atoms with Crippen LogP contribution in [0.2, 0.25) is 0 Å². The van der Waals surface area contributed by atoms with Gasteiger partial charge in [0.25, 0.3) is 0 Å². The molecule has 1 aromatic heterocycles. The molecule has 1 nitrogen and oxygen atoms in total. The number of rotatable bonds is 0. The standard InChI is InChI=1S/C9H4Br3N/c10-5-2-1-3-7-9(5)6(11)4-8(12)13-7/h1-4H. The first kappa shape index (κ1) is 9.62. The van der Waals surface area contributed by atoms with Gasteiger partial charge in [-0.2, -0.15) is 0 Å². The van der Waals surface area contributed by atoms with E-state index in [-0.39, 0.29) is 0 Å². The number of nitrogens with zero attached hydrogens (tertiary/aromatic N) is 1. The molecule has 0 aliphatic rings. The Morgan fingerprint density at radius 1 is 1.00 bits per heavy atom. The van der Waals surface area contributed by atoms with Gasteiger partial charge in [-0.1, -0.05) is 22.0 Å². The van der Waals surface area contributed by atoms with Crippen molar-refractivity contribution < 1.29 is 0 Å². The number of halogens is 3. The third-order valence-electron chi connectivity index (χ3n) is 1.70.